The van der Waals surface area contributed by atoms with E-state index >= 15 is 0 Å². The molecular weight excluding hydrogens is 158 g/mol. The van der Waals surface area contributed by atoms with Crippen LogP contribution in [0, 0.1) is 0 Å². The van der Waals surface area contributed by atoms with Gasteiger partial charge in [-0.25, -0.2) is 0 Å². The second-order valence-electron chi connectivity index (χ2n) is 2.91. The highest BCUT2D eigenvalue weighted by Crippen LogP contribution is 2.02. The molecule has 0 atom stereocenters. The SMILES string of the molecule is CCCNC[Si](O)(O)CCC. The first-order valence-electron chi connectivity index (χ1n) is 4.28. The van der Waals surface area contributed by atoms with Crippen molar-refractivity contribution >= 4 is 8.56 Å². The standard InChI is InChI=1S/C7H19NO2Si/c1-3-5-8-7-11(9,10)6-4-2/h8-10H,3-7H2,1-2H3. The first kappa shape index (κ1) is 11.1. The summed E-state index contributed by atoms with van der Waals surface area (Å²) in [5, 5.41) is 3.02. The molecule has 3 nitrogen and oxygen atoms in total. The van der Waals surface area contributed by atoms with Gasteiger partial charge in [-0.15, -0.1) is 0 Å². The zero-order valence-corrected chi connectivity index (χ0v) is 8.43. The summed E-state index contributed by atoms with van der Waals surface area (Å²) in [6, 6.07) is 0.573. The Balaban J connectivity index is 3.38. The molecule has 11 heavy (non-hydrogen) atoms. The number of rotatable bonds is 6. The lowest BCUT2D eigenvalue weighted by Gasteiger charge is -2.16. The predicted molar refractivity (Wildman–Crippen MR) is 48.5 cm³/mol. The van der Waals surface area contributed by atoms with E-state index in [4.69, 9.17) is 0 Å². The van der Waals surface area contributed by atoms with Crippen LogP contribution in [0.3, 0.4) is 0 Å². The molecule has 0 aliphatic rings. The maximum Gasteiger partial charge on any atom is 0.346 e. The van der Waals surface area contributed by atoms with Crippen LogP contribution < -0.4 is 5.32 Å². The van der Waals surface area contributed by atoms with E-state index in [9.17, 15) is 9.59 Å². The van der Waals surface area contributed by atoms with Gasteiger partial charge >= 0.3 is 8.56 Å². The third-order valence-corrected chi connectivity index (χ3v) is 3.60. The second kappa shape index (κ2) is 5.71. The summed E-state index contributed by atoms with van der Waals surface area (Å²) < 4.78 is 0. The van der Waals surface area contributed by atoms with Crippen molar-refractivity contribution < 1.29 is 9.59 Å². The van der Waals surface area contributed by atoms with Gasteiger partial charge in [-0.05, 0) is 19.0 Å². The molecule has 0 aliphatic heterocycles. The normalized spacial score (nSPS) is 12.0. The minimum atomic E-state index is -2.85. The highest BCUT2D eigenvalue weighted by molar-refractivity contribution is 6.64. The molecule has 0 aliphatic carbocycles. The molecule has 0 radical (unpaired) electrons. The lowest BCUT2D eigenvalue weighted by atomic mass is 10.5. The Bertz CT molecular complexity index is 98.4. The molecular formula is C7H19NO2Si. The first-order valence-corrected chi connectivity index (χ1v) is 6.58. The molecule has 0 aromatic rings. The van der Waals surface area contributed by atoms with E-state index in [0.717, 1.165) is 19.4 Å². The van der Waals surface area contributed by atoms with Crippen molar-refractivity contribution in [3.8, 4) is 0 Å². The van der Waals surface area contributed by atoms with Gasteiger partial charge in [-0.1, -0.05) is 20.3 Å². The third kappa shape index (κ3) is 6.49. The molecule has 0 heterocycles. The molecule has 0 aromatic heterocycles. The summed E-state index contributed by atoms with van der Waals surface area (Å²) in [7, 11) is -2.85. The van der Waals surface area contributed by atoms with E-state index in [1.807, 2.05) is 6.92 Å². The quantitative estimate of drug-likeness (QED) is 0.406. The Kier molecular flexibility index (Phi) is 5.76. The van der Waals surface area contributed by atoms with Crippen LogP contribution in [-0.2, 0) is 0 Å². The van der Waals surface area contributed by atoms with Crippen LogP contribution >= 0.6 is 0 Å². The molecule has 0 saturated carbocycles. The Hall–Kier alpha value is 0.0969. The fourth-order valence-electron chi connectivity index (χ4n) is 0.954. The molecule has 0 spiro atoms. The van der Waals surface area contributed by atoms with Gasteiger partial charge in [-0.3, -0.25) is 0 Å². The average molecular weight is 177 g/mol. The summed E-state index contributed by atoms with van der Waals surface area (Å²) in [6.07, 6.45) is 2.30. The van der Waals surface area contributed by atoms with E-state index in [1.54, 1.807) is 0 Å². The first-order chi connectivity index (χ1) is 5.12. The number of nitrogens with one attached hydrogen (secondary N) is 1. The molecule has 0 bridgehead atoms. The van der Waals surface area contributed by atoms with Crippen molar-refractivity contribution in [2.24, 2.45) is 0 Å². The van der Waals surface area contributed by atoms with Crippen LogP contribution in [0.1, 0.15) is 26.7 Å². The van der Waals surface area contributed by atoms with Crippen molar-refractivity contribution in [3.63, 3.8) is 0 Å². The molecule has 0 amide bonds. The van der Waals surface area contributed by atoms with Crippen molar-refractivity contribution in [1.29, 1.82) is 0 Å². The van der Waals surface area contributed by atoms with Crippen LogP contribution in [0.4, 0.5) is 0 Å². The monoisotopic (exact) mass is 177 g/mol. The average Bonchev–Trinajstić information content (AvgIpc) is 1.87. The van der Waals surface area contributed by atoms with Gasteiger partial charge in [0, 0.05) is 6.17 Å². The number of hydrogen-bond donors (Lipinski definition) is 3. The number of hydrogen-bond acceptors (Lipinski definition) is 3. The molecule has 3 N–H and O–H groups in total. The molecule has 0 unspecified atom stereocenters. The van der Waals surface area contributed by atoms with E-state index < -0.39 is 8.56 Å². The minimum Gasteiger partial charge on any atom is -0.410 e. The van der Waals surface area contributed by atoms with Crippen LogP contribution in [0.2, 0.25) is 6.04 Å². The highest BCUT2D eigenvalue weighted by Gasteiger charge is 2.26. The predicted octanol–water partition coefficient (Wildman–Crippen LogP) is 0.362. The van der Waals surface area contributed by atoms with Crippen molar-refractivity contribution in [2.75, 3.05) is 12.7 Å². The fourth-order valence-corrected chi connectivity index (χ4v) is 2.51. The summed E-state index contributed by atoms with van der Waals surface area (Å²) >= 11 is 0. The highest BCUT2D eigenvalue weighted by atomic mass is 28.4. The lowest BCUT2D eigenvalue weighted by Crippen LogP contribution is -2.46. The smallest absolute Gasteiger partial charge is 0.346 e. The topological polar surface area (TPSA) is 52.5 Å². The van der Waals surface area contributed by atoms with Gasteiger partial charge in [0.2, 0.25) is 0 Å². The van der Waals surface area contributed by atoms with E-state index in [2.05, 4.69) is 12.2 Å². The van der Waals surface area contributed by atoms with Gasteiger partial charge in [-0.2, -0.15) is 0 Å². The maximum absolute atomic E-state index is 9.37. The van der Waals surface area contributed by atoms with Gasteiger partial charge in [0.15, 0.2) is 0 Å². The third-order valence-electron chi connectivity index (χ3n) is 1.49. The fraction of sp³-hybridized carbons (Fsp3) is 1.00. The zero-order chi connectivity index (χ0) is 8.74. The van der Waals surface area contributed by atoms with Gasteiger partial charge in [0.25, 0.3) is 0 Å². The van der Waals surface area contributed by atoms with Gasteiger partial charge < -0.3 is 14.9 Å². The molecule has 0 saturated heterocycles. The molecule has 68 valence electrons. The van der Waals surface area contributed by atoms with E-state index in [-0.39, 0.29) is 0 Å². The van der Waals surface area contributed by atoms with E-state index in [1.165, 1.54) is 0 Å². The zero-order valence-electron chi connectivity index (χ0n) is 7.43. The minimum absolute atomic E-state index is 0.411. The summed E-state index contributed by atoms with van der Waals surface area (Å²) in [6.45, 7) is 4.90. The Morgan fingerprint density at radius 1 is 1.18 bits per heavy atom. The largest absolute Gasteiger partial charge is 0.410 e. The van der Waals surface area contributed by atoms with Crippen LogP contribution in [0.25, 0.3) is 0 Å². The summed E-state index contributed by atoms with van der Waals surface area (Å²) in [5.41, 5.74) is 0. The Morgan fingerprint density at radius 3 is 2.27 bits per heavy atom. The van der Waals surface area contributed by atoms with Crippen molar-refractivity contribution in [3.05, 3.63) is 0 Å². The summed E-state index contributed by atoms with van der Waals surface area (Å²) in [5.74, 6) is 0. The van der Waals surface area contributed by atoms with Crippen LogP contribution in [0.15, 0.2) is 0 Å². The maximum atomic E-state index is 9.37. The van der Waals surface area contributed by atoms with Gasteiger partial charge in [0.05, 0.1) is 0 Å². The molecule has 4 heteroatoms. The van der Waals surface area contributed by atoms with Crippen molar-refractivity contribution in [1.82, 2.24) is 5.32 Å². The molecule has 0 aromatic carbocycles. The van der Waals surface area contributed by atoms with Crippen LogP contribution in [-0.4, -0.2) is 30.9 Å². The Labute approximate surface area is 69.7 Å². The summed E-state index contributed by atoms with van der Waals surface area (Å²) in [4.78, 5) is 18.7. The van der Waals surface area contributed by atoms with Crippen molar-refractivity contribution in [2.45, 2.75) is 32.7 Å². The lowest BCUT2D eigenvalue weighted by molar-refractivity contribution is 0.351. The van der Waals surface area contributed by atoms with Gasteiger partial charge in [0.1, 0.15) is 0 Å². The second-order valence-corrected chi connectivity index (χ2v) is 5.73. The van der Waals surface area contributed by atoms with Crippen LogP contribution in [0.5, 0.6) is 0 Å². The molecule has 0 fully saturated rings. The van der Waals surface area contributed by atoms with E-state index in [0.29, 0.717) is 12.2 Å². The Morgan fingerprint density at radius 2 is 1.82 bits per heavy atom. The molecule has 0 rings (SSSR count).